The van der Waals surface area contributed by atoms with Gasteiger partial charge in [0.15, 0.2) is 5.82 Å². The van der Waals surface area contributed by atoms with Gasteiger partial charge in [-0.25, -0.2) is 9.97 Å². The molecule has 0 bridgehead atoms. The Hall–Kier alpha value is -3.49. The molecule has 0 saturated carbocycles. The lowest BCUT2D eigenvalue weighted by atomic mass is 9.80. The minimum absolute atomic E-state index is 0.102. The lowest BCUT2D eigenvalue weighted by Gasteiger charge is -2.41. The molecule has 3 aliphatic rings. The van der Waals surface area contributed by atoms with Crippen molar-refractivity contribution in [2.24, 2.45) is 0 Å². The average Bonchev–Trinajstić information content (AvgIpc) is 3.35. The monoisotopic (exact) mass is 566 g/mol. The number of anilines is 2. The molecule has 1 N–H and O–H groups in total. The second-order valence-electron chi connectivity index (χ2n) is 12.9. The van der Waals surface area contributed by atoms with Gasteiger partial charge in [-0.05, 0) is 69.4 Å². The normalized spacial score (nSPS) is 21.9. The van der Waals surface area contributed by atoms with E-state index in [-0.39, 0.29) is 11.5 Å². The third-order valence-corrected chi connectivity index (χ3v) is 9.89. The third-order valence-electron chi connectivity index (χ3n) is 9.89. The number of H-pyrrole nitrogens is 1. The summed E-state index contributed by atoms with van der Waals surface area (Å²) in [5.41, 5.74) is 10.8. The Bertz CT molecular complexity index is 1660. The van der Waals surface area contributed by atoms with Gasteiger partial charge in [0.2, 0.25) is 0 Å². The summed E-state index contributed by atoms with van der Waals surface area (Å²) in [5, 5.41) is 8.84. The Labute approximate surface area is 248 Å². The zero-order valence-electron chi connectivity index (χ0n) is 25.8. The molecule has 8 nitrogen and oxygen atoms in total. The molecule has 2 atom stereocenters. The number of hydrogen-bond acceptors (Lipinski definition) is 7. The number of benzene rings is 2. The maximum Gasteiger partial charge on any atom is 0.162 e. The smallest absolute Gasteiger partial charge is 0.162 e. The van der Waals surface area contributed by atoms with Crippen LogP contribution in [0, 0.1) is 20.8 Å². The number of nitrogens with zero attached hydrogens (tertiary/aromatic N) is 5. The van der Waals surface area contributed by atoms with E-state index >= 15 is 0 Å². The molecule has 2 aromatic carbocycles. The molecule has 0 amide bonds. The fourth-order valence-corrected chi connectivity index (χ4v) is 7.17. The summed E-state index contributed by atoms with van der Waals surface area (Å²) in [5.74, 6) is 1.88. The van der Waals surface area contributed by atoms with Crippen molar-refractivity contribution in [2.75, 3.05) is 43.2 Å². The van der Waals surface area contributed by atoms with Gasteiger partial charge >= 0.3 is 0 Å². The fraction of sp³-hybridized carbons (Fsp3) is 0.500. The first-order valence-electron chi connectivity index (χ1n) is 15.3. The number of fused-ring (bicyclic) bond motifs is 2. The highest BCUT2D eigenvalue weighted by Crippen LogP contribution is 2.40. The molecule has 7 rings (SSSR count). The first-order valence-corrected chi connectivity index (χ1v) is 15.3. The van der Waals surface area contributed by atoms with Gasteiger partial charge in [0.05, 0.1) is 30.5 Å². The van der Waals surface area contributed by atoms with Gasteiger partial charge in [-0.1, -0.05) is 25.1 Å². The number of ether oxygens (including phenoxy) is 2. The molecule has 0 spiro atoms. The summed E-state index contributed by atoms with van der Waals surface area (Å²) in [7, 11) is 1.83. The zero-order chi connectivity index (χ0) is 29.2. The highest BCUT2D eigenvalue weighted by Gasteiger charge is 2.36. The van der Waals surface area contributed by atoms with E-state index in [1.807, 2.05) is 7.11 Å². The molecule has 220 valence electrons. The number of aryl methyl sites for hydroxylation is 3. The van der Waals surface area contributed by atoms with E-state index in [0.717, 1.165) is 91.6 Å². The number of methoxy groups -OCH3 is 1. The third kappa shape index (κ3) is 4.47. The topological polar surface area (TPSA) is 79.4 Å². The van der Waals surface area contributed by atoms with Crippen LogP contribution in [-0.2, 0) is 27.9 Å². The van der Waals surface area contributed by atoms with Gasteiger partial charge in [-0.3, -0.25) is 5.10 Å². The molecule has 0 radical (unpaired) electrons. The number of piperidine rings is 1. The SMILES string of the molecule is CO[C@@H]1CCN(c2nc(-c3c(C)ccc4n[nH]c(C)c34)nc3c2CN(c2cc(C4(C)COC4)ccc2C)CC3)[C@H](C)C1. The van der Waals surface area contributed by atoms with E-state index in [4.69, 9.17) is 19.4 Å². The lowest BCUT2D eigenvalue weighted by Crippen LogP contribution is -2.45. The van der Waals surface area contributed by atoms with Gasteiger partial charge in [0.1, 0.15) is 5.82 Å². The van der Waals surface area contributed by atoms with Crippen LogP contribution in [0.3, 0.4) is 0 Å². The molecule has 5 heterocycles. The van der Waals surface area contributed by atoms with Crippen LogP contribution in [0.2, 0.25) is 0 Å². The molecule has 3 aliphatic heterocycles. The van der Waals surface area contributed by atoms with Crippen molar-refractivity contribution < 1.29 is 9.47 Å². The van der Waals surface area contributed by atoms with Gasteiger partial charge < -0.3 is 19.3 Å². The average molecular weight is 567 g/mol. The van der Waals surface area contributed by atoms with Crippen molar-refractivity contribution >= 4 is 22.4 Å². The highest BCUT2D eigenvalue weighted by atomic mass is 16.5. The molecule has 2 saturated heterocycles. The largest absolute Gasteiger partial charge is 0.381 e. The van der Waals surface area contributed by atoms with Crippen LogP contribution in [0.5, 0.6) is 0 Å². The molecule has 0 aliphatic carbocycles. The molecule has 2 aromatic heterocycles. The predicted molar refractivity (Wildman–Crippen MR) is 168 cm³/mol. The van der Waals surface area contributed by atoms with E-state index in [0.29, 0.717) is 6.04 Å². The number of nitrogens with one attached hydrogen (secondary N) is 1. The summed E-state index contributed by atoms with van der Waals surface area (Å²) < 4.78 is 11.4. The summed E-state index contributed by atoms with van der Waals surface area (Å²) in [6.45, 7) is 15.3. The van der Waals surface area contributed by atoms with Crippen molar-refractivity contribution in [3.05, 3.63) is 64.0 Å². The Morgan fingerprint density at radius 2 is 1.86 bits per heavy atom. The summed E-state index contributed by atoms with van der Waals surface area (Å²) >= 11 is 0. The first-order chi connectivity index (χ1) is 20.3. The van der Waals surface area contributed by atoms with Crippen molar-refractivity contribution in [3.63, 3.8) is 0 Å². The Morgan fingerprint density at radius 3 is 2.60 bits per heavy atom. The second-order valence-corrected chi connectivity index (χ2v) is 12.9. The Balaban J connectivity index is 1.34. The summed E-state index contributed by atoms with van der Waals surface area (Å²) in [6.07, 6.45) is 3.16. The molecule has 4 aromatic rings. The van der Waals surface area contributed by atoms with Gasteiger partial charge in [-0.2, -0.15) is 5.10 Å². The van der Waals surface area contributed by atoms with E-state index in [1.165, 1.54) is 27.9 Å². The van der Waals surface area contributed by atoms with Crippen molar-refractivity contribution in [3.8, 4) is 11.4 Å². The Kier molecular flexibility index (Phi) is 6.74. The molecule has 0 unspecified atom stereocenters. The van der Waals surface area contributed by atoms with Crippen LogP contribution in [-0.4, -0.2) is 65.7 Å². The quantitative estimate of drug-likeness (QED) is 0.327. The van der Waals surface area contributed by atoms with Crippen LogP contribution in [0.15, 0.2) is 30.3 Å². The fourth-order valence-electron chi connectivity index (χ4n) is 7.17. The molecule has 8 heteroatoms. The minimum Gasteiger partial charge on any atom is -0.381 e. The summed E-state index contributed by atoms with van der Waals surface area (Å²) in [6, 6.07) is 11.5. The molecular formula is C34H42N6O2. The van der Waals surface area contributed by atoms with Gasteiger partial charge in [0.25, 0.3) is 0 Å². The Morgan fingerprint density at radius 1 is 1.05 bits per heavy atom. The van der Waals surface area contributed by atoms with E-state index in [9.17, 15) is 0 Å². The van der Waals surface area contributed by atoms with Crippen LogP contribution >= 0.6 is 0 Å². The predicted octanol–water partition coefficient (Wildman–Crippen LogP) is 5.80. The first kappa shape index (κ1) is 27.3. The number of hydrogen-bond donors (Lipinski definition) is 1. The van der Waals surface area contributed by atoms with Crippen LogP contribution in [0.4, 0.5) is 11.5 Å². The molecule has 42 heavy (non-hydrogen) atoms. The number of aromatic amines is 1. The van der Waals surface area contributed by atoms with Crippen LogP contribution < -0.4 is 9.80 Å². The molecule has 2 fully saturated rings. The molecular weight excluding hydrogens is 524 g/mol. The van der Waals surface area contributed by atoms with E-state index < -0.39 is 0 Å². The highest BCUT2D eigenvalue weighted by molar-refractivity contribution is 5.96. The van der Waals surface area contributed by atoms with Gasteiger partial charge in [0, 0.05) is 72.5 Å². The maximum atomic E-state index is 5.77. The number of aromatic nitrogens is 4. The zero-order valence-corrected chi connectivity index (χ0v) is 25.8. The van der Waals surface area contributed by atoms with Crippen molar-refractivity contribution in [1.29, 1.82) is 0 Å². The van der Waals surface area contributed by atoms with Crippen molar-refractivity contribution in [2.45, 2.75) is 78.0 Å². The van der Waals surface area contributed by atoms with E-state index in [2.05, 4.69) is 84.9 Å². The maximum absolute atomic E-state index is 5.77. The second kappa shape index (κ2) is 10.3. The number of rotatable bonds is 5. The van der Waals surface area contributed by atoms with Crippen LogP contribution in [0.1, 0.15) is 60.3 Å². The van der Waals surface area contributed by atoms with Crippen molar-refractivity contribution in [1.82, 2.24) is 20.2 Å². The van der Waals surface area contributed by atoms with E-state index in [1.54, 1.807) is 0 Å². The van der Waals surface area contributed by atoms with Crippen LogP contribution in [0.25, 0.3) is 22.3 Å². The summed E-state index contributed by atoms with van der Waals surface area (Å²) in [4.78, 5) is 15.8. The standard InChI is InChI=1S/C34H42N6O2/c1-20-7-9-24(34(5)18-42-19-34)16-29(20)39-13-12-27-26(17-39)33(40-14-11-25(41-6)15-22(40)3)36-32(35-27)30-21(2)8-10-28-31(30)23(4)37-38-28/h7-10,16,22,25H,11-15,17-19H2,1-6H3,(H,37,38)/t22-,25-/m1/s1. The van der Waals surface area contributed by atoms with Gasteiger partial charge in [-0.15, -0.1) is 0 Å². The minimum atomic E-state index is 0.102. The lowest BCUT2D eigenvalue weighted by molar-refractivity contribution is -0.0499.